The van der Waals surface area contributed by atoms with Gasteiger partial charge in [0.2, 0.25) is 5.91 Å². The van der Waals surface area contributed by atoms with Crippen LogP contribution in [0.2, 0.25) is 0 Å². The third kappa shape index (κ3) is 2.77. The maximum Gasteiger partial charge on any atom is 0.227 e. The summed E-state index contributed by atoms with van der Waals surface area (Å²) in [7, 11) is 3.85. The smallest absolute Gasteiger partial charge is 0.227 e. The van der Waals surface area contributed by atoms with Crippen LogP contribution in [-0.2, 0) is 18.3 Å². The van der Waals surface area contributed by atoms with Crippen molar-refractivity contribution in [2.45, 2.75) is 19.4 Å². The van der Waals surface area contributed by atoms with Gasteiger partial charge < -0.3 is 13.9 Å². The van der Waals surface area contributed by atoms with Crippen LogP contribution in [0.1, 0.15) is 24.3 Å². The maximum absolute atomic E-state index is 12.9. The van der Waals surface area contributed by atoms with E-state index in [1.165, 1.54) is 0 Å². The van der Waals surface area contributed by atoms with Gasteiger partial charge in [0, 0.05) is 36.6 Å². The van der Waals surface area contributed by atoms with E-state index in [4.69, 9.17) is 4.42 Å². The summed E-state index contributed by atoms with van der Waals surface area (Å²) in [6.45, 7) is 2.00. The molecule has 132 valence electrons. The van der Waals surface area contributed by atoms with Gasteiger partial charge in [0.05, 0.1) is 12.5 Å². The highest BCUT2D eigenvalue weighted by Crippen LogP contribution is 2.28. The molecule has 2 aromatic heterocycles. The molecule has 4 nitrogen and oxygen atoms in total. The zero-order chi connectivity index (χ0) is 18.3. The lowest BCUT2D eigenvalue weighted by Gasteiger charge is -2.23. The standard InChI is InChI=1S/C22H22N2O2/c1-15(21-12-16-8-4-7-11-20(16)26-21)24(3)22(25)13-17-14-23(2)19-10-6-5-9-18(17)19/h4-12,14-15H,13H2,1-3H3. The van der Waals surface area contributed by atoms with E-state index < -0.39 is 0 Å². The van der Waals surface area contributed by atoms with Crippen molar-refractivity contribution in [3.63, 3.8) is 0 Å². The molecule has 2 heterocycles. The highest BCUT2D eigenvalue weighted by molar-refractivity contribution is 5.89. The number of amides is 1. The van der Waals surface area contributed by atoms with Crippen LogP contribution >= 0.6 is 0 Å². The Balaban J connectivity index is 1.57. The van der Waals surface area contributed by atoms with Crippen LogP contribution in [0.4, 0.5) is 0 Å². The van der Waals surface area contributed by atoms with Crippen molar-refractivity contribution in [2.75, 3.05) is 7.05 Å². The highest BCUT2D eigenvalue weighted by atomic mass is 16.3. The lowest BCUT2D eigenvalue weighted by molar-refractivity contribution is -0.131. The van der Waals surface area contributed by atoms with Gasteiger partial charge in [-0.05, 0) is 30.7 Å². The first kappa shape index (κ1) is 16.5. The first-order valence-corrected chi connectivity index (χ1v) is 8.81. The molecule has 0 saturated carbocycles. The number of benzene rings is 2. The molecule has 0 N–H and O–H groups in total. The molecule has 0 fully saturated rings. The summed E-state index contributed by atoms with van der Waals surface area (Å²) in [4.78, 5) is 14.6. The predicted molar refractivity (Wildman–Crippen MR) is 104 cm³/mol. The van der Waals surface area contributed by atoms with Gasteiger partial charge in [0.25, 0.3) is 0 Å². The molecule has 0 aliphatic heterocycles. The third-order valence-corrected chi connectivity index (χ3v) is 5.15. The van der Waals surface area contributed by atoms with Crippen molar-refractivity contribution in [3.05, 3.63) is 72.1 Å². The van der Waals surface area contributed by atoms with Gasteiger partial charge in [-0.15, -0.1) is 0 Å². The number of hydrogen-bond acceptors (Lipinski definition) is 2. The van der Waals surface area contributed by atoms with Crippen molar-refractivity contribution in [1.82, 2.24) is 9.47 Å². The lowest BCUT2D eigenvalue weighted by Crippen LogP contribution is -2.30. The number of nitrogens with zero attached hydrogens (tertiary/aromatic N) is 2. The minimum absolute atomic E-state index is 0.0781. The van der Waals surface area contributed by atoms with Crippen molar-refractivity contribution in [3.8, 4) is 0 Å². The van der Waals surface area contributed by atoms with E-state index in [9.17, 15) is 4.79 Å². The number of aryl methyl sites for hydroxylation is 1. The van der Waals surface area contributed by atoms with E-state index >= 15 is 0 Å². The van der Waals surface area contributed by atoms with E-state index in [-0.39, 0.29) is 11.9 Å². The molecule has 1 unspecified atom stereocenters. The fourth-order valence-electron chi connectivity index (χ4n) is 3.47. The van der Waals surface area contributed by atoms with Crippen molar-refractivity contribution >= 4 is 27.8 Å². The fraction of sp³-hybridized carbons (Fsp3) is 0.227. The largest absolute Gasteiger partial charge is 0.459 e. The van der Waals surface area contributed by atoms with Gasteiger partial charge in [0.15, 0.2) is 0 Å². The van der Waals surface area contributed by atoms with E-state index in [1.54, 1.807) is 4.90 Å². The molecule has 0 aliphatic carbocycles. The normalized spacial score (nSPS) is 12.6. The molecule has 4 heteroatoms. The summed E-state index contributed by atoms with van der Waals surface area (Å²) in [5.41, 5.74) is 3.05. The molecule has 4 aromatic rings. The van der Waals surface area contributed by atoms with Crippen molar-refractivity contribution in [1.29, 1.82) is 0 Å². The molecular weight excluding hydrogens is 324 g/mol. The summed E-state index contributed by atoms with van der Waals surface area (Å²) in [6.07, 6.45) is 2.42. The quantitative estimate of drug-likeness (QED) is 0.538. The molecular formula is C22H22N2O2. The maximum atomic E-state index is 12.9. The first-order valence-electron chi connectivity index (χ1n) is 8.81. The van der Waals surface area contributed by atoms with Crippen LogP contribution in [-0.4, -0.2) is 22.4 Å². The number of carbonyl (C=O) groups is 1. The average molecular weight is 346 g/mol. The number of carbonyl (C=O) groups excluding carboxylic acids is 1. The van der Waals surface area contributed by atoms with Gasteiger partial charge in [0.1, 0.15) is 11.3 Å². The molecule has 2 aromatic carbocycles. The number of likely N-dealkylation sites (N-methyl/N-ethyl adjacent to an activating group) is 1. The summed E-state index contributed by atoms with van der Waals surface area (Å²) >= 11 is 0. The average Bonchev–Trinajstić information content (AvgIpc) is 3.22. The van der Waals surface area contributed by atoms with Crippen molar-refractivity contribution in [2.24, 2.45) is 7.05 Å². The number of rotatable bonds is 4. The second-order valence-electron chi connectivity index (χ2n) is 6.83. The van der Waals surface area contributed by atoms with E-state index in [2.05, 4.69) is 16.7 Å². The minimum Gasteiger partial charge on any atom is -0.459 e. The second-order valence-corrected chi connectivity index (χ2v) is 6.83. The van der Waals surface area contributed by atoms with Gasteiger partial charge >= 0.3 is 0 Å². The molecule has 26 heavy (non-hydrogen) atoms. The molecule has 0 saturated heterocycles. The van der Waals surface area contributed by atoms with E-state index in [1.807, 2.05) is 69.7 Å². The number of hydrogen-bond donors (Lipinski definition) is 0. The fourth-order valence-corrected chi connectivity index (χ4v) is 3.47. The zero-order valence-corrected chi connectivity index (χ0v) is 15.3. The molecule has 0 radical (unpaired) electrons. The molecule has 0 spiro atoms. The second kappa shape index (κ2) is 6.37. The minimum atomic E-state index is -0.120. The Bertz CT molecular complexity index is 1060. The number of fused-ring (bicyclic) bond motifs is 2. The SMILES string of the molecule is CC(c1cc2ccccc2o1)N(C)C(=O)Cc1cn(C)c2ccccc12. The Morgan fingerprint density at radius 1 is 1.15 bits per heavy atom. The summed E-state index contributed by atoms with van der Waals surface area (Å²) < 4.78 is 8.00. The van der Waals surface area contributed by atoms with Gasteiger partial charge in [-0.25, -0.2) is 0 Å². The van der Waals surface area contributed by atoms with Crippen LogP contribution in [0.5, 0.6) is 0 Å². The van der Waals surface area contributed by atoms with Crippen molar-refractivity contribution < 1.29 is 9.21 Å². The Kier molecular flexibility index (Phi) is 4.03. The lowest BCUT2D eigenvalue weighted by atomic mass is 10.1. The van der Waals surface area contributed by atoms with Gasteiger partial charge in [-0.3, -0.25) is 4.79 Å². The summed E-state index contributed by atoms with van der Waals surface area (Å²) in [5, 5.41) is 2.19. The number of para-hydroxylation sites is 2. The zero-order valence-electron chi connectivity index (χ0n) is 15.3. The number of aromatic nitrogens is 1. The Morgan fingerprint density at radius 3 is 2.69 bits per heavy atom. The van der Waals surface area contributed by atoms with Gasteiger partial charge in [-0.1, -0.05) is 36.4 Å². The molecule has 0 bridgehead atoms. The molecule has 1 amide bonds. The van der Waals surface area contributed by atoms with Crippen LogP contribution in [0.25, 0.3) is 21.9 Å². The Morgan fingerprint density at radius 2 is 1.88 bits per heavy atom. The topological polar surface area (TPSA) is 38.4 Å². The monoisotopic (exact) mass is 346 g/mol. The van der Waals surface area contributed by atoms with Crippen LogP contribution in [0, 0.1) is 0 Å². The van der Waals surface area contributed by atoms with Crippen LogP contribution < -0.4 is 0 Å². The summed E-state index contributed by atoms with van der Waals surface area (Å²) in [6, 6.07) is 18.0. The Hall–Kier alpha value is -3.01. The Labute approximate surface area is 152 Å². The highest BCUT2D eigenvalue weighted by Gasteiger charge is 2.22. The van der Waals surface area contributed by atoms with E-state index in [0.29, 0.717) is 6.42 Å². The third-order valence-electron chi connectivity index (χ3n) is 5.15. The summed E-state index contributed by atoms with van der Waals surface area (Å²) in [5.74, 6) is 0.884. The molecule has 1 atom stereocenters. The molecule has 4 rings (SSSR count). The van der Waals surface area contributed by atoms with E-state index in [0.717, 1.165) is 33.2 Å². The molecule has 0 aliphatic rings. The van der Waals surface area contributed by atoms with Crippen LogP contribution in [0.3, 0.4) is 0 Å². The van der Waals surface area contributed by atoms with Gasteiger partial charge in [-0.2, -0.15) is 0 Å². The first-order chi connectivity index (χ1) is 12.5. The van der Waals surface area contributed by atoms with Crippen LogP contribution in [0.15, 0.2) is 65.2 Å². The number of furan rings is 1. The predicted octanol–water partition coefficient (Wildman–Crippen LogP) is 4.69.